The minimum Gasteiger partial charge on any atom is -0.481 e. The van der Waals surface area contributed by atoms with Gasteiger partial charge in [0.15, 0.2) is 0 Å². The van der Waals surface area contributed by atoms with Crippen LogP contribution in [0.25, 0.3) is 0 Å². The molecule has 3 amide bonds. The van der Waals surface area contributed by atoms with Gasteiger partial charge in [-0.25, -0.2) is 4.79 Å². The summed E-state index contributed by atoms with van der Waals surface area (Å²) < 4.78 is 0. The number of aliphatic carboxylic acids is 2. The molecule has 0 bridgehead atoms. The molecule has 0 aromatic heterocycles. The Balaban J connectivity index is 5.16. The van der Waals surface area contributed by atoms with Gasteiger partial charge in [0.2, 0.25) is 17.7 Å². The minimum atomic E-state index is -1.51. The van der Waals surface area contributed by atoms with Gasteiger partial charge in [0.05, 0.1) is 12.5 Å². The average Bonchev–Trinajstić information content (AvgIpc) is 2.63. The third-order valence-electron chi connectivity index (χ3n) is 4.60. The van der Waals surface area contributed by atoms with E-state index in [-0.39, 0.29) is 5.92 Å². The minimum absolute atomic E-state index is 0.172. The third-order valence-corrected chi connectivity index (χ3v) is 4.60. The summed E-state index contributed by atoms with van der Waals surface area (Å²) in [7, 11) is 0. The van der Waals surface area contributed by atoms with Gasteiger partial charge in [0, 0.05) is 0 Å². The Bertz CT molecular complexity index is 638. The lowest BCUT2D eigenvalue weighted by atomic mass is 9.98. The van der Waals surface area contributed by atoms with Crippen LogP contribution < -0.4 is 21.7 Å². The summed E-state index contributed by atoms with van der Waals surface area (Å²) in [6, 6.07) is -4.64. The van der Waals surface area contributed by atoms with E-state index in [1.807, 2.05) is 13.8 Å². The zero-order chi connectivity index (χ0) is 23.6. The highest BCUT2D eigenvalue weighted by Crippen LogP contribution is 2.09. The summed E-state index contributed by atoms with van der Waals surface area (Å²) in [5.74, 6) is -5.14. The van der Waals surface area contributed by atoms with Gasteiger partial charge in [-0.05, 0) is 25.2 Å². The summed E-state index contributed by atoms with van der Waals surface area (Å²) >= 11 is 0. The zero-order valence-corrected chi connectivity index (χ0v) is 18.1. The van der Waals surface area contributed by atoms with E-state index in [0.29, 0.717) is 12.8 Å². The molecule has 0 saturated heterocycles. The van der Waals surface area contributed by atoms with E-state index in [4.69, 9.17) is 10.8 Å². The van der Waals surface area contributed by atoms with Gasteiger partial charge in [0.1, 0.15) is 18.1 Å². The van der Waals surface area contributed by atoms with E-state index < -0.39 is 66.2 Å². The first-order chi connectivity index (χ1) is 13.8. The molecule has 5 atom stereocenters. The predicted octanol–water partition coefficient (Wildman–Crippen LogP) is -0.560. The van der Waals surface area contributed by atoms with Crippen molar-refractivity contribution in [2.24, 2.45) is 17.6 Å². The fourth-order valence-electron chi connectivity index (χ4n) is 2.62. The van der Waals surface area contributed by atoms with E-state index in [1.165, 1.54) is 6.92 Å². The van der Waals surface area contributed by atoms with Crippen LogP contribution in [-0.2, 0) is 24.0 Å². The van der Waals surface area contributed by atoms with Crippen molar-refractivity contribution in [3.8, 4) is 0 Å². The van der Waals surface area contributed by atoms with Crippen molar-refractivity contribution in [2.45, 2.75) is 78.0 Å². The van der Waals surface area contributed by atoms with Crippen LogP contribution >= 0.6 is 0 Å². The first-order valence-electron chi connectivity index (χ1n) is 9.91. The van der Waals surface area contributed by atoms with Gasteiger partial charge in [-0.3, -0.25) is 19.2 Å². The first-order valence-corrected chi connectivity index (χ1v) is 9.91. The van der Waals surface area contributed by atoms with Crippen LogP contribution in [0, 0.1) is 11.8 Å². The highest BCUT2D eigenvalue weighted by atomic mass is 16.4. The molecule has 0 spiro atoms. The van der Waals surface area contributed by atoms with Crippen LogP contribution in [0.5, 0.6) is 0 Å². The maximum absolute atomic E-state index is 12.5. The second-order valence-electron chi connectivity index (χ2n) is 7.84. The van der Waals surface area contributed by atoms with Crippen LogP contribution in [0.3, 0.4) is 0 Å². The fraction of sp³-hybridized carbons (Fsp3) is 0.737. The van der Waals surface area contributed by atoms with E-state index in [0.717, 1.165) is 0 Å². The highest BCUT2D eigenvalue weighted by molar-refractivity contribution is 5.95. The van der Waals surface area contributed by atoms with E-state index in [9.17, 15) is 29.1 Å². The van der Waals surface area contributed by atoms with Crippen LogP contribution in [0.15, 0.2) is 0 Å². The van der Waals surface area contributed by atoms with Crippen molar-refractivity contribution in [3.05, 3.63) is 0 Å². The van der Waals surface area contributed by atoms with Gasteiger partial charge in [-0.15, -0.1) is 0 Å². The number of hydrogen-bond acceptors (Lipinski definition) is 6. The van der Waals surface area contributed by atoms with Gasteiger partial charge in [0.25, 0.3) is 0 Å². The standard InChI is InChI=1S/C19H34N4O7/c1-6-10(4)15(19(29)30)23-18(28)13(8-14(24)25)22-16(26)11(5)21-17(27)12(20)7-9(2)3/h9-13,15H,6-8,20H2,1-5H3,(H,21,27)(H,22,26)(H,23,28)(H,24,25)(H,29,30). The van der Waals surface area contributed by atoms with E-state index in [1.54, 1.807) is 13.8 Å². The molecule has 0 rings (SSSR count). The lowest BCUT2D eigenvalue weighted by Gasteiger charge is -2.25. The molecule has 11 nitrogen and oxygen atoms in total. The third kappa shape index (κ3) is 9.68. The summed E-state index contributed by atoms with van der Waals surface area (Å²) in [6.07, 6.45) is 0.126. The SMILES string of the molecule is CCC(C)C(NC(=O)C(CC(=O)O)NC(=O)C(C)NC(=O)C(N)CC(C)C)C(=O)O. The molecule has 0 aliphatic rings. The van der Waals surface area contributed by atoms with E-state index in [2.05, 4.69) is 16.0 Å². The van der Waals surface area contributed by atoms with Crippen molar-refractivity contribution in [1.82, 2.24) is 16.0 Å². The Morgan fingerprint density at radius 1 is 0.867 bits per heavy atom. The van der Waals surface area contributed by atoms with Gasteiger partial charge in [-0.2, -0.15) is 0 Å². The summed E-state index contributed by atoms with van der Waals surface area (Å²) in [5, 5.41) is 25.3. The lowest BCUT2D eigenvalue weighted by molar-refractivity contribution is -0.144. The maximum Gasteiger partial charge on any atom is 0.326 e. The number of nitrogens with two attached hydrogens (primary N) is 1. The van der Waals surface area contributed by atoms with E-state index >= 15 is 0 Å². The van der Waals surface area contributed by atoms with Crippen LogP contribution in [-0.4, -0.2) is 64.0 Å². The van der Waals surface area contributed by atoms with Crippen molar-refractivity contribution in [2.75, 3.05) is 0 Å². The molecule has 5 unspecified atom stereocenters. The molecule has 0 radical (unpaired) electrons. The molecule has 7 N–H and O–H groups in total. The highest BCUT2D eigenvalue weighted by Gasteiger charge is 2.32. The maximum atomic E-state index is 12.5. The molecule has 172 valence electrons. The number of nitrogens with one attached hydrogen (secondary N) is 3. The second kappa shape index (κ2) is 12.8. The molecule has 0 fully saturated rings. The van der Waals surface area contributed by atoms with Crippen molar-refractivity contribution in [3.63, 3.8) is 0 Å². The number of hydrogen-bond donors (Lipinski definition) is 6. The Hall–Kier alpha value is -2.69. The Labute approximate surface area is 176 Å². The predicted molar refractivity (Wildman–Crippen MR) is 108 cm³/mol. The van der Waals surface area contributed by atoms with Crippen LogP contribution in [0.4, 0.5) is 0 Å². The van der Waals surface area contributed by atoms with Gasteiger partial charge >= 0.3 is 11.9 Å². The largest absolute Gasteiger partial charge is 0.481 e. The van der Waals surface area contributed by atoms with Crippen LogP contribution in [0.2, 0.25) is 0 Å². The monoisotopic (exact) mass is 430 g/mol. The van der Waals surface area contributed by atoms with Crippen molar-refractivity contribution >= 4 is 29.7 Å². The number of carboxylic acids is 2. The van der Waals surface area contributed by atoms with Gasteiger partial charge < -0.3 is 31.9 Å². The molecule has 0 aromatic carbocycles. The van der Waals surface area contributed by atoms with Crippen LogP contribution in [0.1, 0.15) is 53.9 Å². The molecule has 0 heterocycles. The normalized spacial score (nSPS) is 16.0. The topological polar surface area (TPSA) is 188 Å². The smallest absolute Gasteiger partial charge is 0.326 e. The number of amides is 3. The first kappa shape index (κ1) is 27.3. The zero-order valence-electron chi connectivity index (χ0n) is 18.1. The molecule has 0 saturated carbocycles. The molecule has 11 heteroatoms. The molecule has 0 aromatic rings. The van der Waals surface area contributed by atoms with Crippen molar-refractivity contribution < 1.29 is 34.2 Å². The number of carbonyl (C=O) groups excluding carboxylic acids is 3. The summed E-state index contributed by atoms with van der Waals surface area (Å²) in [6.45, 7) is 8.52. The Morgan fingerprint density at radius 2 is 1.43 bits per heavy atom. The molecule has 0 aliphatic heterocycles. The molecule has 0 aliphatic carbocycles. The Morgan fingerprint density at radius 3 is 1.87 bits per heavy atom. The molecular formula is C19H34N4O7. The quantitative estimate of drug-likeness (QED) is 0.224. The Kier molecular flexibility index (Phi) is 11.6. The number of carboxylic acid groups (broad SMARTS) is 2. The average molecular weight is 431 g/mol. The summed E-state index contributed by atoms with van der Waals surface area (Å²) in [4.78, 5) is 59.4. The van der Waals surface area contributed by atoms with Crippen molar-refractivity contribution in [1.29, 1.82) is 0 Å². The lowest BCUT2D eigenvalue weighted by Crippen LogP contribution is -2.57. The summed E-state index contributed by atoms with van der Waals surface area (Å²) in [5.41, 5.74) is 5.77. The molecular weight excluding hydrogens is 396 g/mol. The number of carbonyl (C=O) groups is 5. The van der Waals surface area contributed by atoms with Gasteiger partial charge in [-0.1, -0.05) is 34.1 Å². The second-order valence-corrected chi connectivity index (χ2v) is 7.84. The number of rotatable bonds is 13. The fourth-order valence-corrected chi connectivity index (χ4v) is 2.62. The molecule has 30 heavy (non-hydrogen) atoms.